The van der Waals surface area contributed by atoms with Crippen LogP contribution in [0.2, 0.25) is 0 Å². The van der Waals surface area contributed by atoms with Crippen molar-refractivity contribution in [2.45, 2.75) is 40.2 Å². The lowest BCUT2D eigenvalue weighted by Gasteiger charge is -2.21. The van der Waals surface area contributed by atoms with Gasteiger partial charge in [0.25, 0.3) is 0 Å². The van der Waals surface area contributed by atoms with Crippen LogP contribution in [0.5, 0.6) is 5.75 Å². The van der Waals surface area contributed by atoms with Gasteiger partial charge in [-0.3, -0.25) is 0 Å². The predicted molar refractivity (Wildman–Crippen MR) is 127 cm³/mol. The molecule has 1 N–H and O–H groups in total. The molecular formula is C25H34N4O2. The van der Waals surface area contributed by atoms with Crippen LogP contribution in [0.4, 0.5) is 10.5 Å². The van der Waals surface area contributed by atoms with Crippen LogP contribution < -0.4 is 10.1 Å². The number of ether oxygens (including phenoxy) is 1. The SMILES string of the molecule is CCN(CC)CCC1CN(C(=O)Nc2ccccc2)N=C1c1ccc(OC(C)C)cc1. The highest BCUT2D eigenvalue weighted by Crippen LogP contribution is 2.25. The second-order valence-electron chi connectivity index (χ2n) is 8.07. The molecule has 0 aromatic heterocycles. The third-order valence-electron chi connectivity index (χ3n) is 5.48. The van der Waals surface area contributed by atoms with Gasteiger partial charge in [0.1, 0.15) is 5.75 Å². The molecule has 2 aromatic carbocycles. The Morgan fingerprint density at radius 3 is 2.42 bits per heavy atom. The summed E-state index contributed by atoms with van der Waals surface area (Å²) in [5, 5.41) is 9.24. The van der Waals surface area contributed by atoms with Crippen molar-refractivity contribution in [3.8, 4) is 5.75 Å². The fourth-order valence-corrected chi connectivity index (χ4v) is 3.76. The first-order valence-electron chi connectivity index (χ1n) is 11.2. The van der Waals surface area contributed by atoms with Gasteiger partial charge < -0.3 is 15.0 Å². The van der Waals surface area contributed by atoms with Crippen molar-refractivity contribution in [2.75, 3.05) is 31.5 Å². The molecule has 1 heterocycles. The monoisotopic (exact) mass is 422 g/mol. The number of carbonyl (C=O) groups excluding carboxylic acids is 1. The van der Waals surface area contributed by atoms with Gasteiger partial charge >= 0.3 is 6.03 Å². The first kappa shape index (κ1) is 22.8. The molecule has 2 aromatic rings. The molecule has 1 unspecified atom stereocenters. The zero-order chi connectivity index (χ0) is 22.2. The lowest BCUT2D eigenvalue weighted by Crippen LogP contribution is -2.32. The third-order valence-corrected chi connectivity index (χ3v) is 5.48. The zero-order valence-corrected chi connectivity index (χ0v) is 19.0. The van der Waals surface area contributed by atoms with E-state index < -0.39 is 0 Å². The molecule has 0 saturated heterocycles. The fraction of sp³-hybridized carbons (Fsp3) is 0.440. The second-order valence-corrected chi connectivity index (χ2v) is 8.07. The lowest BCUT2D eigenvalue weighted by atomic mass is 9.94. The number of anilines is 1. The molecule has 0 bridgehead atoms. The fourth-order valence-electron chi connectivity index (χ4n) is 3.76. The molecule has 6 heteroatoms. The van der Waals surface area contributed by atoms with E-state index in [1.165, 1.54) is 0 Å². The smallest absolute Gasteiger partial charge is 0.342 e. The highest BCUT2D eigenvalue weighted by atomic mass is 16.5. The van der Waals surface area contributed by atoms with Gasteiger partial charge in [-0.05, 0) is 81.9 Å². The molecule has 31 heavy (non-hydrogen) atoms. The number of benzene rings is 2. The predicted octanol–water partition coefficient (Wildman–Crippen LogP) is 5.07. The van der Waals surface area contributed by atoms with Crippen LogP contribution in [0.15, 0.2) is 59.7 Å². The first-order valence-corrected chi connectivity index (χ1v) is 11.2. The summed E-state index contributed by atoms with van der Waals surface area (Å²) in [4.78, 5) is 15.2. The van der Waals surface area contributed by atoms with Crippen molar-refractivity contribution in [1.29, 1.82) is 0 Å². The number of carbonyl (C=O) groups is 1. The minimum atomic E-state index is -0.200. The summed E-state index contributed by atoms with van der Waals surface area (Å²) in [6.45, 7) is 12.0. The maximum Gasteiger partial charge on any atom is 0.342 e. The number of nitrogens with one attached hydrogen (secondary N) is 1. The van der Waals surface area contributed by atoms with Gasteiger partial charge in [-0.25, -0.2) is 9.80 Å². The number of rotatable bonds is 9. The largest absolute Gasteiger partial charge is 0.491 e. The number of hydrogen-bond acceptors (Lipinski definition) is 4. The van der Waals surface area contributed by atoms with E-state index in [-0.39, 0.29) is 18.1 Å². The Morgan fingerprint density at radius 1 is 1.13 bits per heavy atom. The van der Waals surface area contributed by atoms with Crippen LogP contribution in [0, 0.1) is 5.92 Å². The summed E-state index contributed by atoms with van der Waals surface area (Å²) in [6.07, 6.45) is 1.09. The third kappa shape index (κ3) is 6.31. The average molecular weight is 423 g/mol. The number of para-hydroxylation sites is 1. The Bertz CT molecular complexity index is 861. The minimum absolute atomic E-state index is 0.133. The highest BCUT2D eigenvalue weighted by molar-refractivity contribution is 6.05. The van der Waals surface area contributed by atoms with Crippen molar-refractivity contribution in [2.24, 2.45) is 11.0 Å². The zero-order valence-electron chi connectivity index (χ0n) is 19.0. The molecule has 0 fully saturated rings. The van der Waals surface area contributed by atoms with Crippen molar-refractivity contribution in [3.05, 3.63) is 60.2 Å². The summed E-state index contributed by atoms with van der Waals surface area (Å²) < 4.78 is 5.77. The van der Waals surface area contributed by atoms with Crippen LogP contribution in [-0.4, -0.2) is 53.9 Å². The van der Waals surface area contributed by atoms with Gasteiger partial charge in [0.05, 0.1) is 18.4 Å². The van der Waals surface area contributed by atoms with Gasteiger partial charge in [-0.2, -0.15) is 5.10 Å². The van der Waals surface area contributed by atoms with Crippen LogP contribution in [0.3, 0.4) is 0 Å². The molecule has 0 radical (unpaired) electrons. The summed E-state index contributed by atoms with van der Waals surface area (Å²) in [7, 11) is 0. The second kappa shape index (κ2) is 11.0. The van der Waals surface area contributed by atoms with E-state index in [0.717, 1.165) is 48.8 Å². The first-order chi connectivity index (χ1) is 15.0. The van der Waals surface area contributed by atoms with Gasteiger partial charge in [-0.15, -0.1) is 0 Å². The Kier molecular flexibility index (Phi) is 8.06. The van der Waals surface area contributed by atoms with E-state index in [2.05, 4.69) is 24.1 Å². The topological polar surface area (TPSA) is 57.2 Å². The minimum Gasteiger partial charge on any atom is -0.491 e. The molecular weight excluding hydrogens is 388 g/mol. The Hall–Kier alpha value is -2.86. The molecule has 0 saturated carbocycles. The van der Waals surface area contributed by atoms with Gasteiger partial charge in [0.2, 0.25) is 0 Å². The number of urea groups is 1. The molecule has 1 atom stereocenters. The summed E-state index contributed by atoms with van der Waals surface area (Å²) >= 11 is 0. The molecule has 1 aliphatic rings. The Morgan fingerprint density at radius 2 is 1.81 bits per heavy atom. The van der Waals surface area contributed by atoms with Gasteiger partial charge in [-0.1, -0.05) is 32.0 Å². The van der Waals surface area contributed by atoms with Crippen molar-refractivity contribution in [3.63, 3.8) is 0 Å². The average Bonchev–Trinajstić information content (AvgIpc) is 3.20. The normalized spacial score (nSPS) is 16.0. The van der Waals surface area contributed by atoms with Crippen LogP contribution in [-0.2, 0) is 0 Å². The van der Waals surface area contributed by atoms with Crippen molar-refractivity contribution < 1.29 is 9.53 Å². The summed E-state index contributed by atoms with van der Waals surface area (Å²) in [5.41, 5.74) is 2.77. The van der Waals surface area contributed by atoms with Crippen LogP contribution in [0.1, 0.15) is 39.7 Å². The van der Waals surface area contributed by atoms with E-state index in [4.69, 9.17) is 9.84 Å². The molecule has 166 valence electrons. The standard InChI is InChI=1S/C25H34N4O2/c1-5-28(6-2)17-16-21-18-29(25(30)26-22-10-8-7-9-11-22)27-24(21)20-12-14-23(15-13-20)31-19(3)4/h7-15,19,21H,5-6,16-18H2,1-4H3,(H,26,30). The summed E-state index contributed by atoms with van der Waals surface area (Å²) in [6, 6.07) is 17.3. The quantitative estimate of drug-likeness (QED) is 0.613. The summed E-state index contributed by atoms with van der Waals surface area (Å²) in [5.74, 6) is 1.04. The molecule has 6 nitrogen and oxygen atoms in total. The molecule has 0 aliphatic carbocycles. The lowest BCUT2D eigenvalue weighted by molar-refractivity contribution is 0.213. The van der Waals surface area contributed by atoms with E-state index in [1.54, 1.807) is 5.01 Å². The molecule has 2 amide bonds. The molecule has 0 spiro atoms. The maximum absolute atomic E-state index is 12.8. The Balaban J connectivity index is 1.77. The van der Waals surface area contributed by atoms with Gasteiger partial charge in [0.15, 0.2) is 0 Å². The molecule has 1 aliphatic heterocycles. The van der Waals surface area contributed by atoms with Crippen molar-refractivity contribution >= 4 is 17.4 Å². The van der Waals surface area contributed by atoms with E-state index in [0.29, 0.717) is 6.54 Å². The number of nitrogens with zero attached hydrogens (tertiary/aromatic N) is 3. The molecule has 3 rings (SSSR count). The van der Waals surface area contributed by atoms with Crippen LogP contribution >= 0.6 is 0 Å². The highest BCUT2D eigenvalue weighted by Gasteiger charge is 2.31. The van der Waals surface area contributed by atoms with Crippen LogP contribution in [0.25, 0.3) is 0 Å². The maximum atomic E-state index is 12.8. The van der Waals surface area contributed by atoms with Gasteiger partial charge in [0, 0.05) is 11.6 Å². The van der Waals surface area contributed by atoms with E-state index in [9.17, 15) is 4.79 Å². The van der Waals surface area contributed by atoms with E-state index in [1.807, 2.05) is 68.4 Å². The number of hydrazone groups is 1. The number of amides is 2. The Labute approximate surface area is 185 Å². The number of hydrogen-bond donors (Lipinski definition) is 1. The van der Waals surface area contributed by atoms with E-state index >= 15 is 0 Å². The van der Waals surface area contributed by atoms with Crippen molar-refractivity contribution in [1.82, 2.24) is 9.91 Å².